The van der Waals surface area contributed by atoms with Crippen LogP contribution in [-0.4, -0.2) is 27.9 Å². The molecule has 1 rings (SSSR count). The van der Waals surface area contributed by atoms with Crippen LogP contribution in [0.4, 0.5) is 0 Å². The standard InChI is InChI=1S/C8H13N3O3S2/c1-10-7(12)5-11-16(13,14)8-3-2-6(4-9)15-8/h2-3,11H,4-5,9H2,1H3,(H,10,12). The Morgan fingerprint density at radius 1 is 1.50 bits per heavy atom. The summed E-state index contributed by atoms with van der Waals surface area (Å²) in [6.07, 6.45) is 0. The van der Waals surface area contributed by atoms with Crippen molar-refractivity contribution in [1.82, 2.24) is 10.0 Å². The molecular weight excluding hydrogens is 250 g/mol. The quantitative estimate of drug-likeness (QED) is 0.649. The highest BCUT2D eigenvalue weighted by Crippen LogP contribution is 2.20. The average Bonchev–Trinajstić information content (AvgIpc) is 2.75. The Morgan fingerprint density at radius 3 is 2.69 bits per heavy atom. The first-order valence-corrected chi connectivity index (χ1v) is 6.78. The predicted octanol–water partition coefficient (Wildman–Crippen LogP) is -0.769. The molecule has 0 spiro atoms. The van der Waals surface area contributed by atoms with Gasteiger partial charge in [-0.05, 0) is 12.1 Å². The van der Waals surface area contributed by atoms with Crippen LogP contribution in [0.5, 0.6) is 0 Å². The molecule has 4 N–H and O–H groups in total. The first-order valence-electron chi connectivity index (χ1n) is 4.48. The maximum atomic E-state index is 11.7. The van der Waals surface area contributed by atoms with Crippen LogP contribution < -0.4 is 15.8 Å². The molecule has 0 aliphatic rings. The summed E-state index contributed by atoms with van der Waals surface area (Å²) in [5, 5.41) is 2.32. The normalized spacial score (nSPS) is 11.4. The average molecular weight is 263 g/mol. The fourth-order valence-electron chi connectivity index (χ4n) is 0.932. The summed E-state index contributed by atoms with van der Waals surface area (Å²) in [6.45, 7) is 0.0321. The summed E-state index contributed by atoms with van der Waals surface area (Å²) in [7, 11) is -2.16. The van der Waals surface area contributed by atoms with Crippen molar-refractivity contribution >= 4 is 27.3 Å². The second-order valence-corrected chi connectivity index (χ2v) is 6.08. The topological polar surface area (TPSA) is 101 Å². The molecule has 0 saturated heterocycles. The van der Waals surface area contributed by atoms with Crippen LogP contribution >= 0.6 is 11.3 Å². The number of hydrogen-bond acceptors (Lipinski definition) is 5. The first-order chi connectivity index (χ1) is 7.49. The zero-order valence-electron chi connectivity index (χ0n) is 8.69. The smallest absolute Gasteiger partial charge is 0.250 e. The molecule has 0 aliphatic carbocycles. The lowest BCUT2D eigenvalue weighted by molar-refractivity contribution is -0.119. The maximum absolute atomic E-state index is 11.7. The highest BCUT2D eigenvalue weighted by Gasteiger charge is 2.17. The van der Waals surface area contributed by atoms with Crippen LogP contribution in [0.15, 0.2) is 16.3 Å². The monoisotopic (exact) mass is 263 g/mol. The van der Waals surface area contributed by atoms with Crippen LogP contribution in [-0.2, 0) is 21.4 Å². The number of rotatable bonds is 5. The fraction of sp³-hybridized carbons (Fsp3) is 0.375. The molecule has 1 heterocycles. The first kappa shape index (κ1) is 13.1. The number of amides is 1. The molecular formula is C8H13N3O3S2. The fourth-order valence-corrected chi connectivity index (χ4v) is 3.19. The second-order valence-electron chi connectivity index (χ2n) is 2.92. The Morgan fingerprint density at radius 2 is 2.19 bits per heavy atom. The van der Waals surface area contributed by atoms with E-state index in [0.29, 0.717) is 6.54 Å². The van der Waals surface area contributed by atoms with Crippen LogP contribution in [0.25, 0.3) is 0 Å². The molecule has 90 valence electrons. The molecule has 0 bridgehead atoms. The van der Waals surface area contributed by atoms with E-state index in [4.69, 9.17) is 5.73 Å². The Kier molecular flexibility index (Phi) is 4.42. The van der Waals surface area contributed by atoms with Crippen molar-refractivity contribution in [3.05, 3.63) is 17.0 Å². The summed E-state index contributed by atoms with van der Waals surface area (Å²) < 4.78 is 25.7. The summed E-state index contributed by atoms with van der Waals surface area (Å²) in [5.41, 5.74) is 5.38. The zero-order chi connectivity index (χ0) is 12.2. The van der Waals surface area contributed by atoms with Gasteiger partial charge in [-0.25, -0.2) is 13.1 Å². The van der Waals surface area contributed by atoms with E-state index in [-0.39, 0.29) is 16.7 Å². The Balaban J connectivity index is 2.74. The maximum Gasteiger partial charge on any atom is 0.250 e. The van der Waals surface area contributed by atoms with Gasteiger partial charge in [0, 0.05) is 18.5 Å². The van der Waals surface area contributed by atoms with E-state index in [1.54, 1.807) is 6.07 Å². The van der Waals surface area contributed by atoms with Crippen LogP contribution in [0.1, 0.15) is 4.88 Å². The molecule has 6 nitrogen and oxygen atoms in total. The van der Waals surface area contributed by atoms with E-state index in [1.807, 2.05) is 0 Å². The number of carbonyl (C=O) groups excluding carboxylic acids is 1. The summed E-state index contributed by atoms with van der Waals surface area (Å²) >= 11 is 1.09. The van der Waals surface area contributed by atoms with E-state index in [0.717, 1.165) is 16.2 Å². The summed E-state index contributed by atoms with van der Waals surface area (Å²) in [6, 6.07) is 3.12. The van der Waals surface area contributed by atoms with Crippen LogP contribution in [0, 0.1) is 0 Å². The molecule has 0 unspecified atom stereocenters. The van der Waals surface area contributed by atoms with E-state index < -0.39 is 10.0 Å². The molecule has 0 atom stereocenters. The van der Waals surface area contributed by atoms with Gasteiger partial charge in [-0.1, -0.05) is 0 Å². The van der Waals surface area contributed by atoms with E-state index in [2.05, 4.69) is 10.0 Å². The van der Waals surface area contributed by atoms with Gasteiger partial charge < -0.3 is 11.1 Å². The van der Waals surface area contributed by atoms with Crippen molar-refractivity contribution in [2.24, 2.45) is 5.73 Å². The zero-order valence-corrected chi connectivity index (χ0v) is 10.3. The molecule has 0 aliphatic heterocycles. The number of nitrogens with two attached hydrogens (primary N) is 1. The van der Waals surface area contributed by atoms with Gasteiger partial charge in [0.1, 0.15) is 4.21 Å². The molecule has 0 saturated carbocycles. The number of nitrogens with one attached hydrogen (secondary N) is 2. The minimum atomic E-state index is -3.60. The van der Waals surface area contributed by atoms with Gasteiger partial charge in [-0.15, -0.1) is 11.3 Å². The molecule has 1 amide bonds. The molecule has 0 aromatic carbocycles. The van der Waals surface area contributed by atoms with Crippen molar-refractivity contribution in [2.75, 3.05) is 13.6 Å². The van der Waals surface area contributed by atoms with Crippen molar-refractivity contribution in [3.8, 4) is 0 Å². The van der Waals surface area contributed by atoms with Gasteiger partial charge in [-0.3, -0.25) is 4.79 Å². The molecule has 1 aromatic rings. The third-order valence-electron chi connectivity index (χ3n) is 1.80. The minimum Gasteiger partial charge on any atom is -0.358 e. The van der Waals surface area contributed by atoms with E-state index in [9.17, 15) is 13.2 Å². The lowest BCUT2D eigenvalue weighted by atomic mass is 10.5. The van der Waals surface area contributed by atoms with Gasteiger partial charge >= 0.3 is 0 Å². The van der Waals surface area contributed by atoms with Crippen molar-refractivity contribution in [2.45, 2.75) is 10.8 Å². The summed E-state index contributed by atoms with van der Waals surface area (Å²) in [5.74, 6) is -0.390. The number of hydrogen-bond donors (Lipinski definition) is 3. The third kappa shape index (κ3) is 3.27. The largest absolute Gasteiger partial charge is 0.358 e. The van der Waals surface area contributed by atoms with E-state index >= 15 is 0 Å². The molecule has 0 fully saturated rings. The van der Waals surface area contributed by atoms with Crippen LogP contribution in [0.3, 0.4) is 0 Å². The van der Waals surface area contributed by atoms with Gasteiger partial charge in [0.2, 0.25) is 5.91 Å². The lowest BCUT2D eigenvalue weighted by Crippen LogP contribution is -2.34. The van der Waals surface area contributed by atoms with Gasteiger partial charge in [0.15, 0.2) is 0 Å². The third-order valence-corrected chi connectivity index (χ3v) is 4.81. The number of carbonyl (C=O) groups is 1. The molecule has 1 aromatic heterocycles. The van der Waals surface area contributed by atoms with Gasteiger partial charge in [-0.2, -0.15) is 0 Å². The lowest BCUT2D eigenvalue weighted by Gasteiger charge is -2.03. The highest BCUT2D eigenvalue weighted by molar-refractivity contribution is 7.91. The second kappa shape index (κ2) is 5.39. The molecule has 8 heteroatoms. The SMILES string of the molecule is CNC(=O)CNS(=O)(=O)c1ccc(CN)s1. The highest BCUT2D eigenvalue weighted by atomic mass is 32.2. The Bertz CT molecular complexity index is 467. The Hall–Kier alpha value is -0.960. The number of thiophene rings is 1. The Labute approximate surface area is 97.9 Å². The van der Waals surface area contributed by atoms with Crippen molar-refractivity contribution in [3.63, 3.8) is 0 Å². The molecule has 16 heavy (non-hydrogen) atoms. The van der Waals surface area contributed by atoms with Gasteiger partial charge in [0.25, 0.3) is 10.0 Å². The summed E-state index contributed by atoms with van der Waals surface area (Å²) in [4.78, 5) is 11.7. The van der Waals surface area contributed by atoms with Crippen LogP contribution in [0.2, 0.25) is 0 Å². The molecule has 0 radical (unpaired) electrons. The number of likely N-dealkylation sites (N-methyl/N-ethyl adjacent to an activating group) is 1. The predicted molar refractivity (Wildman–Crippen MR) is 61.5 cm³/mol. The van der Waals surface area contributed by atoms with Crippen molar-refractivity contribution < 1.29 is 13.2 Å². The van der Waals surface area contributed by atoms with Crippen molar-refractivity contribution in [1.29, 1.82) is 0 Å². The number of sulfonamides is 1. The van der Waals surface area contributed by atoms with E-state index in [1.165, 1.54) is 13.1 Å². The van der Waals surface area contributed by atoms with Gasteiger partial charge in [0.05, 0.1) is 6.54 Å². The minimum absolute atomic E-state index is 0.164.